The van der Waals surface area contributed by atoms with Crippen LogP contribution in [-0.4, -0.2) is 42.5 Å². The minimum Gasteiger partial charge on any atom is -0.480 e. The summed E-state index contributed by atoms with van der Waals surface area (Å²) in [6.07, 6.45) is 0. The number of carbonyl (C=O) groups excluding carboxylic acids is 1. The lowest BCUT2D eigenvalue weighted by molar-refractivity contribution is -0.139. The van der Waals surface area contributed by atoms with E-state index < -0.39 is 12.0 Å². The molecule has 0 saturated heterocycles. The van der Waals surface area contributed by atoms with E-state index in [4.69, 9.17) is 5.11 Å². The fourth-order valence-corrected chi connectivity index (χ4v) is 1.34. The fourth-order valence-electron chi connectivity index (χ4n) is 1.34. The molecule has 0 aromatic heterocycles. The Hall–Kier alpha value is -1.88. The maximum Gasteiger partial charge on any atom is 0.325 e. The summed E-state index contributed by atoms with van der Waals surface area (Å²) in [5, 5.41) is 11.8. The molecular formula is C12H16N2O3. The van der Waals surface area contributed by atoms with Crippen LogP contribution in [-0.2, 0) is 9.59 Å². The Morgan fingerprint density at radius 2 is 1.88 bits per heavy atom. The first-order valence-electron chi connectivity index (χ1n) is 5.23. The summed E-state index contributed by atoms with van der Waals surface area (Å²) >= 11 is 0. The summed E-state index contributed by atoms with van der Waals surface area (Å²) < 4.78 is 0. The lowest BCUT2D eigenvalue weighted by Crippen LogP contribution is -2.37. The molecule has 0 saturated carbocycles. The maximum absolute atomic E-state index is 11.4. The second kappa shape index (κ2) is 6.00. The zero-order valence-corrected chi connectivity index (χ0v) is 9.88. The Balaban J connectivity index is 2.69. The van der Waals surface area contributed by atoms with Crippen molar-refractivity contribution in [3.8, 4) is 0 Å². The van der Waals surface area contributed by atoms with Gasteiger partial charge in [-0.3, -0.25) is 14.9 Å². The summed E-state index contributed by atoms with van der Waals surface area (Å²) in [4.78, 5) is 23.9. The van der Waals surface area contributed by atoms with E-state index in [1.165, 1.54) is 4.90 Å². The lowest BCUT2D eigenvalue weighted by Gasteiger charge is -2.16. The van der Waals surface area contributed by atoms with Crippen LogP contribution >= 0.6 is 0 Å². The normalized spacial score (nSPS) is 11.9. The Kier molecular flexibility index (Phi) is 4.66. The van der Waals surface area contributed by atoms with Crippen LogP contribution < -0.4 is 5.32 Å². The lowest BCUT2D eigenvalue weighted by atomic mass is 10.1. The molecule has 1 unspecified atom stereocenters. The molecule has 5 nitrogen and oxygen atoms in total. The number of aliphatic carboxylic acids is 1. The predicted octanol–water partition coefficient (Wildman–Crippen LogP) is 0.490. The second-order valence-corrected chi connectivity index (χ2v) is 3.85. The molecule has 17 heavy (non-hydrogen) atoms. The van der Waals surface area contributed by atoms with Crippen molar-refractivity contribution in [1.82, 2.24) is 10.2 Å². The van der Waals surface area contributed by atoms with Crippen LogP contribution in [0.4, 0.5) is 0 Å². The number of likely N-dealkylation sites (N-methyl/N-ethyl adjacent to an activating group) is 1. The van der Waals surface area contributed by atoms with Gasteiger partial charge in [0.05, 0.1) is 6.54 Å². The number of amides is 1. The van der Waals surface area contributed by atoms with Crippen LogP contribution in [0, 0.1) is 0 Å². The Morgan fingerprint density at radius 3 is 2.35 bits per heavy atom. The molecule has 1 rings (SSSR count). The second-order valence-electron chi connectivity index (χ2n) is 3.85. The number of nitrogens with zero attached hydrogens (tertiary/aromatic N) is 1. The van der Waals surface area contributed by atoms with Gasteiger partial charge in [0.1, 0.15) is 6.04 Å². The highest BCUT2D eigenvalue weighted by molar-refractivity contribution is 5.80. The third kappa shape index (κ3) is 3.88. The molecule has 1 amide bonds. The zero-order valence-electron chi connectivity index (χ0n) is 9.88. The smallest absolute Gasteiger partial charge is 0.325 e. The van der Waals surface area contributed by atoms with Crippen LogP contribution in [0.3, 0.4) is 0 Å². The third-order valence-corrected chi connectivity index (χ3v) is 2.34. The molecular weight excluding hydrogens is 220 g/mol. The SMILES string of the molecule is CN(C)C(=O)CNC(C(=O)O)c1ccccc1. The molecule has 5 heteroatoms. The first-order valence-corrected chi connectivity index (χ1v) is 5.23. The van der Waals surface area contributed by atoms with E-state index in [2.05, 4.69) is 5.32 Å². The van der Waals surface area contributed by atoms with E-state index in [1.807, 2.05) is 6.07 Å². The molecule has 0 aliphatic carbocycles. The van der Waals surface area contributed by atoms with Gasteiger partial charge in [-0.05, 0) is 5.56 Å². The Labute approximate surface area is 100 Å². The minimum atomic E-state index is -0.997. The first kappa shape index (κ1) is 13.2. The van der Waals surface area contributed by atoms with Gasteiger partial charge in [-0.25, -0.2) is 0 Å². The predicted molar refractivity (Wildman–Crippen MR) is 63.5 cm³/mol. The van der Waals surface area contributed by atoms with Gasteiger partial charge in [-0.15, -0.1) is 0 Å². The number of benzene rings is 1. The molecule has 92 valence electrons. The van der Waals surface area contributed by atoms with Gasteiger partial charge < -0.3 is 10.0 Å². The van der Waals surface area contributed by atoms with Crippen LogP contribution in [0.1, 0.15) is 11.6 Å². The molecule has 1 aromatic carbocycles. The van der Waals surface area contributed by atoms with Crippen LogP contribution in [0.15, 0.2) is 30.3 Å². The average molecular weight is 236 g/mol. The number of carboxylic acids is 1. The average Bonchev–Trinajstić information content (AvgIpc) is 2.29. The van der Waals surface area contributed by atoms with Crippen molar-refractivity contribution in [3.05, 3.63) is 35.9 Å². The quantitative estimate of drug-likeness (QED) is 0.780. The third-order valence-electron chi connectivity index (χ3n) is 2.34. The monoisotopic (exact) mass is 236 g/mol. The van der Waals surface area contributed by atoms with Gasteiger partial charge in [0.2, 0.25) is 5.91 Å². The molecule has 0 heterocycles. The number of hydrogen-bond acceptors (Lipinski definition) is 3. The van der Waals surface area contributed by atoms with Crippen molar-refractivity contribution in [2.75, 3.05) is 20.6 Å². The summed E-state index contributed by atoms with van der Waals surface area (Å²) in [6.45, 7) is -0.00113. The highest BCUT2D eigenvalue weighted by Gasteiger charge is 2.20. The molecule has 0 aliphatic heterocycles. The topological polar surface area (TPSA) is 69.6 Å². The fraction of sp³-hybridized carbons (Fsp3) is 0.333. The molecule has 1 aromatic rings. The van der Waals surface area contributed by atoms with Gasteiger partial charge in [0.15, 0.2) is 0 Å². The molecule has 1 atom stereocenters. The number of nitrogens with one attached hydrogen (secondary N) is 1. The van der Waals surface area contributed by atoms with E-state index in [1.54, 1.807) is 38.4 Å². The number of hydrogen-bond donors (Lipinski definition) is 2. The van der Waals surface area contributed by atoms with Crippen molar-refractivity contribution in [2.45, 2.75) is 6.04 Å². The van der Waals surface area contributed by atoms with Crippen molar-refractivity contribution in [3.63, 3.8) is 0 Å². The van der Waals surface area contributed by atoms with E-state index in [-0.39, 0.29) is 12.5 Å². The van der Waals surface area contributed by atoms with E-state index in [9.17, 15) is 9.59 Å². The van der Waals surface area contributed by atoms with Crippen molar-refractivity contribution >= 4 is 11.9 Å². The van der Waals surface area contributed by atoms with Crippen LogP contribution in [0.2, 0.25) is 0 Å². The highest BCUT2D eigenvalue weighted by atomic mass is 16.4. The summed E-state index contributed by atoms with van der Waals surface area (Å²) in [6, 6.07) is 7.91. The van der Waals surface area contributed by atoms with E-state index in [0.29, 0.717) is 5.56 Å². The maximum atomic E-state index is 11.4. The summed E-state index contributed by atoms with van der Waals surface area (Å²) in [5.41, 5.74) is 0.631. The summed E-state index contributed by atoms with van der Waals surface area (Å²) in [5.74, 6) is -1.16. The standard InChI is InChI=1S/C12H16N2O3/c1-14(2)10(15)8-13-11(12(16)17)9-6-4-3-5-7-9/h3-7,11,13H,8H2,1-2H3,(H,16,17). The van der Waals surface area contributed by atoms with Gasteiger partial charge in [-0.2, -0.15) is 0 Å². The van der Waals surface area contributed by atoms with Crippen molar-refractivity contribution in [2.24, 2.45) is 0 Å². The molecule has 0 bridgehead atoms. The van der Waals surface area contributed by atoms with Gasteiger partial charge >= 0.3 is 5.97 Å². The van der Waals surface area contributed by atoms with E-state index >= 15 is 0 Å². The largest absolute Gasteiger partial charge is 0.480 e. The Morgan fingerprint density at radius 1 is 1.29 bits per heavy atom. The van der Waals surface area contributed by atoms with Gasteiger partial charge in [0.25, 0.3) is 0 Å². The Bertz CT molecular complexity index is 390. The first-order chi connectivity index (χ1) is 8.02. The van der Waals surface area contributed by atoms with Crippen LogP contribution in [0.25, 0.3) is 0 Å². The number of rotatable bonds is 5. The number of carbonyl (C=O) groups is 2. The zero-order chi connectivity index (χ0) is 12.8. The molecule has 0 aliphatic rings. The van der Waals surface area contributed by atoms with Crippen molar-refractivity contribution < 1.29 is 14.7 Å². The molecule has 0 fully saturated rings. The van der Waals surface area contributed by atoms with Gasteiger partial charge in [-0.1, -0.05) is 30.3 Å². The van der Waals surface area contributed by atoms with Crippen LogP contribution in [0.5, 0.6) is 0 Å². The molecule has 2 N–H and O–H groups in total. The summed E-state index contributed by atoms with van der Waals surface area (Å²) in [7, 11) is 3.25. The molecule has 0 radical (unpaired) electrons. The van der Waals surface area contributed by atoms with Gasteiger partial charge in [0, 0.05) is 14.1 Å². The molecule has 0 spiro atoms. The van der Waals surface area contributed by atoms with E-state index in [0.717, 1.165) is 0 Å². The highest BCUT2D eigenvalue weighted by Crippen LogP contribution is 2.12. The van der Waals surface area contributed by atoms with Crippen molar-refractivity contribution in [1.29, 1.82) is 0 Å². The number of carboxylic acid groups (broad SMARTS) is 1. The minimum absolute atomic E-state index is 0.00113.